The number of rotatable bonds is 5. The Kier molecular flexibility index (Phi) is 6.74. The van der Waals surface area contributed by atoms with Crippen molar-refractivity contribution in [1.82, 2.24) is 4.90 Å². The Balaban J connectivity index is 1.41. The van der Waals surface area contributed by atoms with Crippen molar-refractivity contribution < 1.29 is 18.3 Å². The minimum Gasteiger partial charge on any atom is -0.496 e. The van der Waals surface area contributed by atoms with Gasteiger partial charge in [0.2, 0.25) is 5.91 Å². The van der Waals surface area contributed by atoms with Crippen LogP contribution in [-0.2, 0) is 4.79 Å². The maximum atomic E-state index is 13.5. The first-order valence-electron chi connectivity index (χ1n) is 12.5. The predicted octanol–water partition coefficient (Wildman–Crippen LogP) is 6.62. The van der Waals surface area contributed by atoms with Gasteiger partial charge in [-0.05, 0) is 67.8 Å². The van der Waals surface area contributed by atoms with E-state index >= 15 is 0 Å². The number of allylic oxidation sites excluding steroid dienone is 1. The molecule has 0 N–H and O–H groups in total. The van der Waals surface area contributed by atoms with Crippen LogP contribution in [0.2, 0.25) is 0 Å². The van der Waals surface area contributed by atoms with Gasteiger partial charge in [0, 0.05) is 60.0 Å². The van der Waals surface area contributed by atoms with Gasteiger partial charge in [0.25, 0.3) is 0 Å². The molecule has 2 heterocycles. The third kappa shape index (κ3) is 4.84. The number of hydrogen-bond acceptors (Lipinski definition) is 4. The van der Waals surface area contributed by atoms with E-state index in [1.165, 1.54) is 23.4 Å². The van der Waals surface area contributed by atoms with E-state index in [1.807, 2.05) is 24.8 Å². The Morgan fingerprint density at radius 2 is 1.76 bits per heavy atom. The highest BCUT2D eigenvalue weighted by Gasteiger charge is 2.22. The number of benzene rings is 3. The fraction of sp³-hybridized carbons (Fsp3) is 0.258. The summed E-state index contributed by atoms with van der Waals surface area (Å²) in [5.41, 5.74) is 7.39. The lowest BCUT2D eigenvalue weighted by molar-refractivity contribution is -0.126. The van der Waals surface area contributed by atoms with Crippen molar-refractivity contribution in [1.29, 1.82) is 0 Å². The van der Waals surface area contributed by atoms with Crippen molar-refractivity contribution in [2.24, 2.45) is 0 Å². The molecular weight excluding hydrogens is 467 g/mol. The first kappa shape index (κ1) is 24.6. The molecule has 6 heteroatoms. The highest BCUT2D eigenvalue weighted by Crippen LogP contribution is 2.40. The minimum atomic E-state index is -0.285. The van der Waals surface area contributed by atoms with Gasteiger partial charge in [-0.25, -0.2) is 4.39 Å². The molecule has 1 amide bonds. The quantitative estimate of drug-likeness (QED) is 0.290. The highest BCUT2D eigenvalue weighted by atomic mass is 19.1. The maximum Gasteiger partial charge on any atom is 0.246 e. The highest BCUT2D eigenvalue weighted by molar-refractivity contribution is 6.01. The van der Waals surface area contributed by atoms with Crippen molar-refractivity contribution in [3.63, 3.8) is 0 Å². The lowest BCUT2D eigenvalue weighted by Crippen LogP contribution is -2.48. The number of methoxy groups -OCH3 is 1. The summed E-state index contributed by atoms with van der Waals surface area (Å²) in [5, 5.41) is 0.895. The van der Waals surface area contributed by atoms with Crippen LogP contribution in [-0.4, -0.2) is 44.1 Å². The molecule has 1 aromatic heterocycles. The van der Waals surface area contributed by atoms with Gasteiger partial charge >= 0.3 is 0 Å². The molecule has 0 spiro atoms. The number of carbonyl (C=O) groups excluding carboxylic acids is 1. The number of furan rings is 1. The fourth-order valence-electron chi connectivity index (χ4n) is 5.09. The number of halogens is 1. The molecule has 1 fully saturated rings. The van der Waals surface area contributed by atoms with Crippen LogP contribution in [0.4, 0.5) is 10.1 Å². The van der Waals surface area contributed by atoms with E-state index in [4.69, 9.17) is 9.15 Å². The summed E-state index contributed by atoms with van der Waals surface area (Å²) in [6, 6.07) is 16.8. The molecule has 0 aliphatic carbocycles. The van der Waals surface area contributed by atoms with Gasteiger partial charge in [0.1, 0.15) is 17.1 Å². The Hall–Kier alpha value is -4.06. The number of amides is 1. The van der Waals surface area contributed by atoms with Crippen LogP contribution in [0.5, 0.6) is 5.75 Å². The van der Waals surface area contributed by atoms with Gasteiger partial charge in [0.05, 0.1) is 13.4 Å². The first-order valence-corrected chi connectivity index (χ1v) is 12.5. The van der Waals surface area contributed by atoms with Crippen LogP contribution in [0.3, 0.4) is 0 Å². The topological polar surface area (TPSA) is 45.9 Å². The number of fused-ring (bicyclic) bond motifs is 1. The molecule has 0 bridgehead atoms. The van der Waals surface area contributed by atoms with E-state index in [0.29, 0.717) is 24.4 Å². The normalized spacial score (nSPS) is 14.4. The lowest BCUT2D eigenvalue weighted by Gasteiger charge is -2.36. The molecule has 0 saturated carbocycles. The fourth-order valence-corrected chi connectivity index (χ4v) is 5.09. The molecule has 1 aliphatic rings. The molecule has 1 saturated heterocycles. The number of piperazine rings is 1. The maximum absolute atomic E-state index is 13.5. The second-order valence-electron chi connectivity index (χ2n) is 9.59. The predicted molar refractivity (Wildman–Crippen MR) is 147 cm³/mol. The van der Waals surface area contributed by atoms with Crippen LogP contribution in [0.15, 0.2) is 71.4 Å². The largest absolute Gasteiger partial charge is 0.496 e. The average molecular weight is 499 g/mol. The second kappa shape index (κ2) is 10.1. The molecule has 37 heavy (non-hydrogen) atoms. The Bertz CT molecular complexity index is 1480. The Labute approximate surface area is 216 Å². The van der Waals surface area contributed by atoms with Gasteiger partial charge < -0.3 is 19.0 Å². The third-order valence-corrected chi connectivity index (χ3v) is 7.13. The van der Waals surface area contributed by atoms with Gasteiger partial charge in [-0.1, -0.05) is 24.3 Å². The number of hydrogen-bond donors (Lipinski definition) is 0. The lowest BCUT2D eigenvalue weighted by atomic mass is 9.96. The summed E-state index contributed by atoms with van der Waals surface area (Å²) in [4.78, 5) is 17.5. The summed E-state index contributed by atoms with van der Waals surface area (Å²) >= 11 is 0. The zero-order chi connectivity index (χ0) is 26.1. The van der Waals surface area contributed by atoms with E-state index in [1.54, 1.807) is 31.6 Å². The molecule has 5 rings (SSSR count). The van der Waals surface area contributed by atoms with Crippen LogP contribution >= 0.6 is 0 Å². The smallest absolute Gasteiger partial charge is 0.246 e. The van der Waals surface area contributed by atoms with Gasteiger partial charge in [0.15, 0.2) is 0 Å². The van der Waals surface area contributed by atoms with Crippen molar-refractivity contribution in [3.8, 4) is 16.9 Å². The Morgan fingerprint density at radius 1 is 1.03 bits per heavy atom. The first-order chi connectivity index (χ1) is 17.9. The van der Waals surface area contributed by atoms with Crippen molar-refractivity contribution in [2.75, 3.05) is 38.2 Å². The van der Waals surface area contributed by atoms with E-state index in [2.05, 4.69) is 36.1 Å². The zero-order valence-corrected chi connectivity index (χ0v) is 21.7. The van der Waals surface area contributed by atoms with Crippen LogP contribution < -0.4 is 9.64 Å². The van der Waals surface area contributed by atoms with Crippen molar-refractivity contribution in [2.45, 2.75) is 20.8 Å². The summed E-state index contributed by atoms with van der Waals surface area (Å²) in [6.07, 6.45) is 3.38. The summed E-state index contributed by atoms with van der Waals surface area (Å²) in [7, 11) is 1.63. The summed E-state index contributed by atoms with van der Waals surface area (Å²) < 4.78 is 25.1. The third-order valence-electron chi connectivity index (χ3n) is 7.13. The molecule has 0 radical (unpaired) electrons. The van der Waals surface area contributed by atoms with E-state index in [0.717, 1.165) is 46.3 Å². The molecule has 4 aromatic rings. The molecule has 1 aliphatic heterocycles. The summed E-state index contributed by atoms with van der Waals surface area (Å²) in [5.74, 6) is 0.387. The molecule has 3 aromatic carbocycles. The van der Waals surface area contributed by atoms with Gasteiger partial charge in [-0.2, -0.15) is 0 Å². The summed E-state index contributed by atoms with van der Waals surface area (Å²) in [6.45, 7) is 8.91. The monoisotopic (exact) mass is 498 g/mol. The number of ether oxygens (including phenoxy) is 1. The van der Waals surface area contributed by atoms with Crippen LogP contribution in [0.25, 0.3) is 27.7 Å². The minimum absolute atomic E-state index is 0.00727. The molecule has 190 valence electrons. The van der Waals surface area contributed by atoms with E-state index in [9.17, 15) is 9.18 Å². The molecular formula is C31H31FN2O3. The van der Waals surface area contributed by atoms with Gasteiger partial charge in [-0.3, -0.25) is 4.79 Å². The molecule has 5 nitrogen and oxygen atoms in total. The molecule has 0 unspecified atom stereocenters. The number of anilines is 1. The number of carbonyl (C=O) groups is 1. The Morgan fingerprint density at radius 3 is 2.43 bits per heavy atom. The standard InChI is InChI=1S/C31H31FN2O3/c1-20-6-5-7-25(16-20)33-12-14-34(15-13-33)29(35)17-21(2)26-18-27-28(23-8-10-24(32)11-9-23)19-37-31(27)22(3)30(26)36-4/h5-11,16-19H,12-15H2,1-4H3/b21-17+. The number of aryl methyl sites for hydroxylation is 2. The van der Waals surface area contributed by atoms with E-state index in [-0.39, 0.29) is 11.7 Å². The van der Waals surface area contributed by atoms with Gasteiger partial charge in [-0.15, -0.1) is 0 Å². The van der Waals surface area contributed by atoms with Crippen LogP contribution in [0.1, 0.15) is 23.6 Å². The molecule has 0 atom stereocenters. The van der Waals surface area contributed by atoms with Crippen molar-refractivity contribution in [3.05, 3.63) is 89.4 Å². The number of nitrogens with zero attached hydrogens (tertiary/aromatic N) is 2. The van der Waals surface area contributed by atoms with Crippen molar-refractivity contribution >= 4 is 28.1 Å². The van der Waals surface area contributed by atoms with E-state index < -0.39 is 0 Å². The second-order valence-corrected chi connectivity index (χ2v) is 9.59. The zero-order valence-electron chi connectivity index (χ0n) is 21.7. The SMILES string of the molecule is COc1c(/C(C)=C/C(=O)N2CCN(c3cccc(C)c3)CC2)cc2c(-c3ccc(F)cc3)coc2c1C. The average Bonchev–Trinajstić information content (AvgIpc) is 3.33. The van der Waals surface area contributed by atoms with Crippen LogP contribution in [0, 0.1) is 19.7 Å².